The first-order valence-corrected chi connectivity index (χ1v) is 15.1. The monoisotopic (exact) mass is 700 g/mol. The van der Waals surface area contributed by atoms with Crippen LogP contribution in [0.1, 0.15) is 30.5 Å². The van der Waals surface area contributed by atoms with Gasteiger partial charge in [0.15, 0.2) is 17.4 Å². The van der Waals surface area contributed by atoms with Gasteiger partial charge in [-0.15, -0.1) is 0 Å². The first-order chi connectivity index (χ1) is 23.5. The summed E-state index contributed by atoms with van der Waals surface area (Å²) in [4.78, 5) is 60.2. The van der Waals surface area contributed by atoms with Crippen molar-refractivity contribution in [2.75, 3.05) is 57.4 Å². The van der Waals surface area contributed by atoms with Gasteiger partial charge in [-0.25, -0.2) is 8.78 Å². The molecule has 0 unspecified atom stereocenters. The molecular formula is C34H34F2N2O12. The molecule has 0 saturated heterocycles. The summed E-state index contributed by atoms with van der Waals surface area (Å²) in [6.45, 7) is 0.529. The third-order valence-corrected chi connectivity index (χ3v) is 8.04. The Bertz CT molecular complexity index is 1800. The average Bonchev–Trinajstić information content (AvgIpc) is 3.00. The molecule has 0 amide bonds. The number of aliphatic carboxylic acids is 4. The van der Waals surface area contributed by atoms with Gasteiger partial charge in [0.05, 0.1) is 32.0 Å². The molecule has 14 nitrogen and oxygen atoms in total. The molecule has 2 aromatic rings. The third kappa shape index (κ3) is 8.51. The van der Waals surface area contributed by atoms with Gasteiger partial charge in [0.1, 0.15) is 25.4 Å². The van der Waals surface area contributed by atoms with E-state index < -0.39 is 78.6 Å². The molecule has 4 rings (SSSR count). The highest BCUT2D eigenvalue weighted by atomic mass is 19.1. The highest BCUT2D eigenvalue weighted by Gasteiger charge is 2.40. The molecule has 2 aliphatic carbocycles. The smallest absolute Gasteiger partial charge is 0.323 e. The molecule has 0 aromatic heterocycles. The van der Waals surface area contributed by atoms with Crippen LogP contribution >= 0.6 is 0 Å². The number of rotatable bonds is 17. The number of ether oxygens (including phenoxy) is 2. The lowest BCUT2D eigenvalue weighted by atomic mass is 9.64. The number of carboxylic acid groups (broad SMARTS) is 4. The lowest BCUT2D eigenvalue weighted by molar-refractivity contribution is -0.142. The van der Waals surface area contributed by atoms with E-state index in [0.29, 0.717) is 11.1 Å². The maximum Gasteiger partial charge on any atom is 0.323 e. The van der Waals surface area contributed by atoms with Gasteiger partial charge in [-0.3, -0.25) is 28.9 Å². The van der Waals surface area contributed by atoms with E-state index in [1.165, 1.54) is 24.3 Å². The Morgan fingerprint density at radius 3 is 2.04 bits per heavy atom. The molecule has 50 heavy (non-hydrogen) atoms. The molecule has 0 aliphatic heterocycles. The highest BCUT2D eigenvalue weighted by molar-refractivity contribution is 6.08. The lowest BCUT2D eigenvalue weighted by Crippen LogP contribution is -2.37. The van der Waals surface area contributed by atoms with Gasteiger partial charge >= 0.3 is 23.9 Å². The molecule has 16 heteroatoms. The topological polar surface area (TPSA) is 211 Å². The standard InChI is InChI=1S/C34H34F2N2O12/c1-34(2)21-12-26(39)23(35)10-19(21)33(20-11-24(36)27(40)13-22(20)34)18-3-4-28(25(9-18)38(16-31(45)46)17-32(47)48)50-8-7-49-6-5-37(14-29(41)42)15-30(43)44/h3-4,9-13,39H,5-8,14-17H2,1-2H3,(H,41,42)(H,43,44)(H,45,46)(H,47,48). The lowest BCUT2D eigenvalue weighted by Gasteiger charge is -2.39. The van der Waals surface area contributed by atoms with Crippen LogP contribution in [0.4, 0.5) is 14.5 Å². The van der Waals surface area contributed by atoms with Crippen molar-refractivity contribution in [2.24, 2.45) is 0 Å². The Kier molecular flexibility index (Phi) is 11.4. The van der Waals surface area contributed by atoms with E-state index in [1.807, 2.05) is 0 Å². The average molecular weight is 701 g/mol. The first-order valence-electron chi connectivity index (χ1n) is 15.1. The number of ketones is 1. The second-order valence-corrected chi connectivity index (χ2v) is 12.0. The summed E-state index contributed by atoms with van der Waals surface area (Å²) >= 11 is 0. The summed E-state index contributed by atoms with van der Waals surface area (Å²) in [5.41, 5.74) is 0.698. The molecule has 2 aliphatic rings. The van der Waals surface area contributed by atoms with E-state index in [1.54, 1.807) is 13.8 Å². The third-order valence-electron chi connectivity index (χ3n) is 8.04. The Hall–Kier alpha value is -5.61. The minimum atomic E-state index is -1.37. The largest absolute Gasteiger partial charge is 0.505 e. The number of allylic oxidation sites excluding steroid dienone is 5. The number of benzene rings is 2. The number of carboxylic acids is 4. The van der Waals surface area contributed by atoms with Crippen LogP contribution in [0.15, 0.2) is 59.5 Å². The van der Waals surface area contributed by atoms with E-state index in [4.69, 9.17) is 19.7 Å². The number of hydrogen-bond acceptors (Lipinski definition) is 10. The van der Waals surface area contributed by atoms with Crippen molar-refractivity contribution >= 4 is 40.9 Å². The Morgan fingerprint density at radius 2 is 1.44 bits per heavy atom. The molecule has 0 radical (unpaired) electrons. The van der Waals surface area contributed by atoms with Crippen LogP contribution in [0.5, 0.6) is 11.5 Å². The van der Waals surface area contributed by atoms with Gasteiger partial charge in [-0.2, -0.15) is 0 Å². The van der Waals surface area contributed by atoms with Crippen LogP contribution in [-0.2, 0) is 34.1 Å². The molecule has 0 heterocycles. The molecule has 0 spiro atoms. The highest BCUT2D eigenvalue weighted by Crippen LogP contribution is 2.52. The fraction of sp³-hybridized carbons (Fsp3) is 0.324. The molecule has 5 N–H and O–H groups in total. The van der Waals surface area contributed by atoms with E-state index in [-0.39, 0.29) is 60.1 Å². The van der Waals surface area contributed by atoms with E-state index >= 15 is 0 Å². The number of anilines is 1. The van der Waals surface area contributed by atoms with Gasteiger partial charge in [-0.1, -0.05) is 19.9 Å². The van der Waals surface area contributed by atoms with E-state index in [9.17, 15) is 48.1 Å². The van der Waals surface area contributed by atoms with Crippen LogP contribution in [-0.4, -0.2) is 113 Å². The summed E-state index contributed by atoms with van der Waals surface area (Å²) in [6, 6.07) is 6.58. The van der Waals surface area contributed by atoms with Gasteiger partial charge in [0.2, 0.25) is 5.78 Å². The van der Waals surface area contributed by atoms with Crippen LogP contribution in [0.3, 0.4) is 0 Å². The van der Waals surface area contributed by atoms with Crippen molar-refractivity contribution in [3.05, 3.63) is 82.0 Å². The summed E-state index contributed by atoms with van der Waals surface area (Å²) in [5, 5.41) is 47.4. The number of fused-ring (bicyclic) bond motifs is 2. The number of carbonyl (C=O) groups excluding carboxylic acids is 1. The number of aromatic hydroxyl groups is 1. The van der Waals surface area contributed by atoms with E-state index in [2.05, 4.69) is 0 Å². The quantitative estimate of drug-likeness (QED) is 0.150. The predicted molar refractivity (Wildman–Crippen MR) is 171 cm³/mol. The van der Waals surface area contributed by atoms with Crippen molar-refractivity contribution < 1.29 is 67.8 Å². The normalized spacial score (nSPS) is 14.8. The molecule has 266 valence electrons. The summed E-state index contributed by atoms with van der Waals surface area (Å²) in [7, 11) is 0. The Balaban J connectivity index is 1.74. The van der Waals surface area contributed by atoms with Gasteiger partial charge in [-0.05, 0) is 69.8 Å². The van der Waals surface area contributed by atoms with Crippen LogP contribution in [0, 0.1) is 5.82 Å². The van der Waals surface area contributed by atoms with Crippen molar-refractivity contribution in [3.63, 3.8) is 0 Å². The fourth-order valence-corrected chi connectivity index (χ4v) is 5.86. The first kappa shape index (κ1) is 37.2. The fourth-order valence-electron chi connectivity index (χ4n) is 5.86. The second-order valence-electron chi connectivity index (χ2n) is 12.0. The second kappa shape index (κ2) is 15.3. The van der Waals surface area contributed by atoms with Crippen molar-refractivity contribution in [3.8, 4) is 11.5 Å². The minimum Gasteiger partial charge on any atom is -0.505 e. The van der Waals surface area contributed by atoms with Gasteiger partial charge in [0, 0.05) is 12.0 Å². The molecule has 0 bridgehead atoms. The van der Waals surface area contributed by atoms with Crippen molar-refractivity contribution in [1.82, 2.24) is 4.90 Å². The number of hydrogen-bond donors (Lipinski definition) is 5. The number of phenols is 1. The number of nitrogens with zero attached hydrogens (tertiary/aromatic N) is 2. The van der Waals surface area contributed by atoms with Crippen molar-refractivity contribution in [1.29, 1.82) is 0 Å². The van der Waals surface area contributed by atoms with Gasteiger partial charge < -0.3 is 39.9 Å². The zero-order valence-electron chi connectivity index (χ0n) is 26.9. The Labute approximate surface area is 283 Å². The number of halogens is 2. The van der Waals surface area contributed by atoms with Crippen LogP contribution < -0.4 is 9.64 Å². The maximum atomic E-state index is 14.9. The predicted octanol–water partition coefficient (Wildman–Crippen LogP) is 2.83. The summed E-state index contributed by atoms with van der Waals surface area (Å²) < 4.78 is 41.0. The summed E-state index contributed by atoms with van der Waals surface area (Å²) in [6.07, 6.45) is 2.14. The minimum absolute atomic E-state index is 0.0120. The molecule has 0 atom stereocenters. The maximum absolute atomic E-state index is 14.9. The molecule has 0 saturated carbocycles. The van der Waals surface area contributed by atoms with Crippen molar-refractivity contribution in [2.45, 2.75) is 19.3 Å². The molecular weight excluding hydrogens is 666 g/mol. The molecule has 2 aromatic carbocycles. The SMILES string of the molecule is CC1(C)C2=CC(=O)C(F)=CC2=C(c2ccc(OCCOCCN(CC(=O)O)CC(=O)O)c(N(CC(=O)O)CC(=O)O)c2)c2cc(F)c(O)cc21. The van der Waals surface area contributed by atoms with Gasteiger partial charge in [0.25, 0.3) is 0 Å². The van der Waals surface area contributed by atoms with E-state index in [0.717, 1.165) is 28.0 Å². The molecule has 0 fully saturated rings. The zero-order chi connectivity index (χ0) is 36.9. The number of carbonyl (C=O) groups is 5. The summed E-state index contributed by atoms with van der Waals surface area (Å²) in [5.74, 6) is -8.75. The number of phenolic OH excluding ortho intramolecular Hbond substituents is 1. The zero-order valence-corrected chi connectivity index (χ0v) is 26.9. The van der Waals surface area contributed by atoms with Crippen LogP contribution in [0.25, 0.3) is 5.57 Å². The van der Waals surface area contributed by atoms with Crippen LogP contribution in [0.2, 0.25) is 0 Å². The Morgan fingerprint density at radius 1 is 0.820 bits per heavy atom.